The van der Waals surface area contributed by atoms with E-state index in [-0.39, 0.29) is 11.8 Å². The fraction of sp³-hybridized carbons (Fsp3) is 0.391. The second-order valence-electron chi connectivity index (χ2n) is 7.49. The third kappa shape index (κ3) is 6.06. The largest absolute Gasteiger partial charge is 0.494 e. The van der Waals surface area contributed by atoms with Crippen molar-refractivity contribution in [3.63, 3.8) is 0 Å². The van der Waals surface area contributed by atoms with Gasteiger partial charge in [0, 0.05) is 29.9 Å². The van der Waals surface area contributed by atoms with Crippen molar-refractivity contribution >= 4 is 17.5 Å². The smallest absolute Gasteiger partial charge is 0.255 e. The highest BCUT2D eigenvalue weighted by atomic mass is 16.5. The monoisotopic (exact) mass is 396 g/mol. The minimum absolute atomic E-state index is 0.0488. The average Bonchev–Trinajstić information content (AvgIpc) is 2.74. The Bertz CT molecular complexity index is 827. The molecular formula is C23H28N2O4. The molecule has 154 valence electrons. The summed E-state index contributed by atoms with van der Waals surface area (Å²) in [6, 6.07) is 14.1. The standard InChI is InChI=1S/C23H28N2O4/c1-17(2)10-13-29-21-8-6-18(7-9-21)22(26)24-20-5-3-4-19(16-20)23(27)25-11-14-28-15-12-25/h3-9,16-17H,10-15H2,1-2H3,(H,24,26). The molecule has 0 saturated carbocycles. The molecule has 0 unspecified atom stereocenters. The molecule has 2 amide bonds. The maximum atomic E-state index is 12.6. The first-order chi connectivity index (χ1) is 14.0. The first kappa shape index (κ1) is 20.9. The zero-order chi connectivity index (χ0) is 20.6. The molecule has 1 aliphatic rings. The van der Waals surface area contributed by atoms with Crippen molar-refractivity contribution in [2.45, 2.75) is 20.3 Å². The molecule has 1 heterocycles. The van der Waals surface area contributed by atoms with E-state index in [0.717, 1.165) is 12.2 Å². The molecule has 6 nitrogen and oxygen atoms in total. The summed E-state index contributed by atoms with van der Waals surface area (Å²) in [7, 11) is 0. The van der Waals surface area contributed by atoms with Crippen molar-refractivity contribution in [1.82, 2.24) is 4.90 Å². The van der Waals surface area contributed by atoms with Crippen LogP contribution < -0.4 is 10.1 Å². The molecule has 0 atom stereocenters. The summed E-state index contributed by atoms with van der Waals surface area (Å²) >= 11 is 0. The number of carbonyl (C=O) groups is 2. The van der Waals surface area contributed by atoms with Gasteiger partial charge in [-0.1, -0.05) is 19.9 Å². The number of rotatable bonds is 7. The minimum atomic E-state index is -0.227. The highest BCUT2D eigenvalue weighted by Crippen LogP contribution is 2.17. The molecule has 6 heteroatoms. The first-order valence-electron chi connectivity index (χ1n) is 10.0. The van der Waals surface area contributed by atoms with E-state index >= 15 is 0 Å². The van der Waals surface area contributed by atoms with E-state index in [1.807, 2.05) is 0 Å². The van der Waals surface area contributed by atoms with Gasteiger partial charge in [0.05, 0.1) is 19.8 Å². The summed E-state index contributed by atoms with van der Waals surface area (Å²) in [4.78, 5) is 26.9. The maximum Gasteiger partial charge on any atom is 0.255 e. The van der Waals surface area contributed by atoms with Gasteiger partial charge in [-0.15, -0.1) is 0 Å². The van der Waals surface area contributed by atoms with Crippen LogP contribution in [0.2, 0.25) is 0 Å². The van der Waals surface area contributed by atoms with Gasteiger partial charge < -0.3 is 19.7 Å². The number of carbonyl (C=O) groups excluding carboxylic acids is 2. The Balaban J connectivity index is 1.59. The Labute approximate surface area is 171 Å². The van der Waals surface area contributed by atoms with Crippen LogP contribution >= 0.6 is 0 Å². The van der Waals surface area contributed by atoms with Crippen LogP contribution in [0.15, 0.2) is 48.5 Å². The normalized spacial score (nSPS) is 14.0. The van der Waals surface area contributed by atoms with Crippen LogP contribution in [0, 0.1) is 5.92 Å². The maximum absolute atomic E-state index is 12.6. The van der Waals surface area contributed by atoms with Gasteiger partial charge in [-0.05, 0) is 54.8 Å². The summed E-state index contributed by atoms with van der Waals surface area (Å²) in [6.07, 6.45) is 0.988. The molecule has 1 N–H and O–H groups in total. The Morgan fingerprint density at radius 2 is 1.79 bits per heavy atom. The van der Waals surface area contributed by atoms with Gasteiger partial charge in [0.1, 0.15) is 5.75 Å². The van der Waals surface area contributed by atoms with Gasteiger partial charge >= 0.3 is 0 Å². The fourth-order valence-corrected chi connectivity index (χ4v) is 3.00. The molecule has 1 saturated heterocycles. The summed E-state index contributed by atoms with van der Waals surface area (Å²) in [6.45, 7) is 7.24. The lowest BCUT2D eigenvalue weighted by molar-refractivity contribution is 0.0303. The van der Waals surface area contributed by atoms with E-state index in [1.165, 1.54) is 0 Å². The number of hydrogen-bond donors (Lipinski definition) is 1. The summed E-state index contributed by atoms with van der Waals surface area (Å²) in [5.41, 5.74) is 1.68. The number of nitrogens with zero attached hydrogens (tertiary/aromatic N) is 1. The number of anilines is 1. The molecular weight excluding hydrogens is 368 g/mol. The third-order valence-electron chi connectivity index (χ3n) is 4.75. The van der Waals surface area contributed by atoms with Crippen LogP contribution in [-0.4, -0.2) is 49.6 Å². The Kier molecular flexibility index (Phi) is 7.25. The number of hydrogen-bond acceptors (Lipinski definition) is 4. The van der Waals surface area contributed by atoms with Crippen LogP contribution in [0.5, 0.6) is 5.75 Å². The highest BCUT2D eigenvalue weighted by Gasteiger charge is 2.19. The number of amides is 2. The van der Waals surface area contributed by atoms with Crippen LogP contribution in [0.3, 0.4) is 0 Å². The average molecular weight is 396 g/mol. The van der Waals surface area contributed by atoms with Gasteiger partial charge in [0.2, 0.25) is 0 Å². The van der Waals surface area contributed by atoms with E-state index in [0.29, 0.717) is 55.6 Å². The van der Waals surface area contributed by atoms with E-state index in [9.17, 15) is 9.59 Å². The molecule has 0 radical (unpaired) electrons. The zero-order valence-corrected chi connectivity index (χ0v) is 17.0. The lowest BCUT2D eigenvalue weighted by Crippen LogP contribution is -2.40. The molecule has 0 aliphatic carbocycles. The third-order valence-corrected chi connectivity index (χ3v) is 4.75. The molecule has 2 aromatic carbocycles. The van der Waals surface area contributed by atoms with Crippen molar-refractivity contribution in [2.24, 2.45) is 5.92 Å². The minimum Gasteiger partial charge on any atom is -0.494 e. The quantitative estimate of drug-likeness (QED) is 0.772. The summed E-state index contributed by atoms with van der Waals surface area (Å²) < 4.78 is 11.0. The highest BCUT2D eigenvalue weighted by molar-refractivity contribution is 6.05. The molecule has 0 spiro atoms. The lowest BCUT2D eigenvalue weighted by atomic mass is 10.1. The van der Waals surface area contributed by atoms with Crippen LogP contribution in [0.4, 0.5) is 5.69 Å². The van der Waals surface area contributed by atoms with Gasteiger partial charge in [-0.2, -0.15) is 0 Å². The SMILES string of the molecule is CC(C)CCOc1ccc(C(=O)Nc2cccc(C(=O)N3CCOCC3)c2)cc1. The summed E-state index contributed by atoms with van der Waals surface area (Å²) in [5.74, 6) is 1.06. The number of ether oxygens (including phenoxy) is 2. The van der Waals surface area contributed by atoms with Crippen molar-refractivity contribution in [2.75, 3.05) is 38.2 Å². The van der Waals surface area contributed by atoms with Gasteiger partial charge in [-0.25, -0.2) is 0 Å². The molecule has 0 aromatic heterocycles. The van der Waals surface area contributed by atoms with Crippen LogP contribution in [0.25, 0.3) is 0 Å². The van der Waals surface area contributed by atoms with Crippen LogP contribution in [-0.2, 0) is 4.74 Å². The number of nitrogens with one attached hydrogen (secondary N) is 1. The van der Waals surface area contributed by atoms with Crippen LogP contribution in [0.1, 0.15) is 41.0 Å². The second kappa shape index (κ2) is 10.1. The lowest BCUT2D eigenvalue weighted by Gasteiger charge is -2.27. The van der Waals surface area contributed by atoms with Gasteiger partial charge in [0.15, 0.2) is 0 Å². The van der Waals surface area contributed by atoms with Crippen molar-refractivity contribution in [3.8, 4) is 5.75 Å². The predicted octanol–water partition coefficient (Wildman–Crippen LogP) is 3.84. The van der Waals surface area contributed by atoms with E-state index in [2.05, 4.69) is 19.2 Å². The van der Waals surface area contributed by atoms with Gasteiger partial charge in [-0.3, -0.25) is 9.59 Å². The predicted molar refractivity (Wildman–Crippen MR) is 113 cm³/mol. The van der Waals surface area contributed by atoms with Crippen molar-refractivity contribution in [3.05, 3.63) is 59.7 Å². The molecule has 29 heavy (non-hydrogen) atoms. The second-order valence-corrected chi connectivity index (χ2v) is 7.49. The zero-order valence-electron chi connectivity index (χ0n) is 17.0. The number of benzene rings is 2. The van der Waals surface area contributed by atoms with Gasteiger partial charge in [0.25, 0.3) is 11.8 Å². The van der Waals surface area contributed by atoms with Crippen molar-refractivity contribution < 1.29 is 19.1 Å². The molecule has 3 rings (SSSR count). The Morgan fingerprint density at radius 3 is 2.48 bits per heavy atom. The summed E-state index contributed by atoms with van der Waals surface area (Å²) in [5, 5.41) is 2.86. The van der Waals surface area contributed by atoms with Crippen molar-refractivity contribution in [1.29, 1.82) is 0 Å². The molecule has 0 bridgehead atoms. The fourth-order valence-electron chi connectivity index (χ4n) is 3.00. The Morgan fingerprint density at radius 1 is 1.07 bits per heavy atom. The number of morpholine rings is 1. The Hall–Kier alpha value is -2.86. The first-order valence-corrected chi connectivity index (χ1v) is 10.0. The van der Waals surface area contributed by atoms with E-state index in [1.54, 1.807) is 53.4 Å². The molecule has 1 aliphatic heterocycles. The topological polar surface area (TPSA) is 67.9 Å². The molecule has 2 aromatic rings. The molecule has 1 fully saturated rings. The van der Waals surface area contributed by atoms with E-state index in [4.69, 9.17) is 9.47 Å². The van der Waals surface area contributed by atoms with E-state index < -0.39 is 0 Å².